The van der Waals surface area contributed by atoms with E-state index in [1.165, 1.54) is 11.0 Å². The van der Waals surface area contributed by atoms with Gasteiger partial charge in [0.05, 0.1) is 16.9 Å². The van der Waals surface area contributed by atoms with Crippen LogP contribution in [-0.4, -0.2) is 16.7 Å². The lowest BCUT2D eigenvalue weighted by molar-refractivity contribution is 0.578. The summed E-state index contributed by atoms with van der Waals surface area (Å²) in [6.07, 6.45) is 1.56. The van der Waals surface area contributed by atoms with E-state index < -0.39 is 23.0 Å². The molecule has 26 heavy (non-hydrogen) atoms. The highest BCUT2D eigenvalue weighted by atomic mass is 19.1. The molecule has 128 valence electrons. The lowest BCUT2D eigenvalue weighted by atomic mass is 10.1. The standard InChI is InChI=1S/C19H13F2N5/c20-12-6-3-7-13(21)16(12)18(23)26-15-9-4-10-24-19(15)25-14-8-2-1-5-11(14)17(26)22/h1-10,22-23H,(H,24,25). The number of rotatable bonds is 1. The van der Waals surface area contributed by atoms with Crippen LogP contribution in [0.1, 0.15) is 11.1 Å². The fourth-order valence-corrected chi connectivity index (χ4v) is 2.91. The molecular weight excluding hydrogens is 336 g/mol. The van der Waals surface area contributed by atoms with Gasteiger partial charge in [0.1, 0.15) is 23.3 Å². The topological polar surface area (TPSA) is 75.9 Å². The molecule has 4 rings (SSSR count). The molecule has 3 N–H and O–H groups in total. The number of aromatic nitrogens is 1. The molecule has 0 amide bonds. The second-order valence-electron chi connectivity index (χ2n) is 5.67. The quantitative estimate of drug-likeness (QED) is 0.453. The molecule has 3 aromatic rings. The molecule has 0 aliphatic carbocycles. The minimum absolute atomic E-state index is 0.0764. The van der Waals surface area contributed by atoms with Crippen LogP contribution in [-0.2, 0) is 0 Å². The molecule has 2 heterocycles. The van der Waals surface area contributed by atoms with E-state index in [1.807, 2.05) is 0 Å². The Bertz CT molecular complexity index is 1030. The Labute approximate surface area is 148 Å². The van der Waals surface area contributed by atoms with Gasteiger partial charge >= 0.3 is 0 Å². The zero-order chi connectivity index (χ0) is 18.3. The first-order valence-corrected chi connectivity index (χ1v) is 7.81. The van der Waals surface area contributed by atoms with Crippen molar-refractivity contribution in [3.05, 3.63) is 83.6 Å². The van der Waals surface area contributed by atoms with Crippen molar-refractivity contribution in [2.45, 2.75) is 0 Å². The average Bonchev–Trinajstić information content (AvgIpc) is 2.75. The maximum Gasteiger partial charge on any atom is 0.154 e. The number of pyridine rings is 1. The number of nitrogens with zero attached hydrogens (tertiary/aromatic N) is 2. The van der Waals surface area contributed by atoms with Gasteiger partial charge in [0.2, 0.25) is 0 Å². The normalized spacial score (nSPS) is 12.7. The van der Waals surface area contributed by atoms with Gasteiger partial charge in [0, 0.05) is 11.8 Å². The summed E-state index contributed by atoms with van der Waals surface area (Å²) >= 11 is 0. The monoisotopic (exact) mass is 349 g/mol. The summed E-state index contributed by atoms with van der Waals surface area (Å²) in [4.78, 5) is 5.43. The molecule has 0 saturated carbocycles. The van der Waals surface area contributed by atoms with Gasteiger partial charge in [-0.25, -0.2) is 13.8 Å². The van der Waals surface area contributed by atoms with Crippen LogP contribution < -0.4 is 10.2 Å². The first-order chi connectivity index (χ1) is 12.6. The van der Waals surface area contributed by atoms with Gasteiger partial charge in [-0.1, -0.05) is 18.2 Å². The molecule has 0 bridgehead atoms. The van der Waals surface area contributed by atoms with E-state index in [-0.39, 0.29) is 5.84 Å². The van der Waals surface area contributed by atoms with Crippen molar-refractivity contribution in [1.29, 1.82) is 10.8 Å². The first kappa shape index (κ1) is 15.9. The molecule has 0 unspecified atom stereocenters. The van der Waals surface area contributed by atoms with Crippen LogP contribution >= 0.6 is 0 Å². The molecule has 0 spiro atoms. The lowest BCUT2D eigenvalue weighted by Gasteiger charge is -2.25. The van der Waals surface area contributed by atoms with Crippen molar-refractivity contribution < 1.29 is 8.78 Å². The zero-order valence-corrected chi connectivity index (χ0v) is 13.4. The highest BCUT2D eigenvalue weighted by Gasteiger charge is 2.30. The molecule has 0 fully saturated rings. The number of amidine groups is 2. The summed E-state index contributed by atoms with van der Waals surface area (Å²) in [6, 6.07) is 13.7. The number of hydrogen-bond acceptors (Lipinski definition) is 4. The molecule has 1 aromatic heterocycles. The van der Waals surface area contributed by atoms with Crippen LogP contribution in [0.5, 0.6) is 0 Å². The molecule has 7 heteroatoms. The van der Waals surface area contributed by atoms with Crippen molar-refractivity contribution in [3.8, 4) is 0 Å². The van der Waals surface area contributed by atoms with Gasteiger partial charge in [-0.05, 0) is 36.4 Å². The fraction of sp³-hybridized carbons (Fsp3) is 0. The molecule has 0 atom stereocenters. The molecule has 0 radical (unpaired) electrons. The predicted molar refractivity (Wildman–Crippen MR) is 96.5 cm³/mol. The minimum Gasteiger partial charge on any atom is -0.338 e. The number of benzene rings is 2. The third-order valence-electron chi connectivity index (χ3n) is 4.11. The number of para-hydroxylation sites is 1. The SMILES string of the molecule is N=C1c2ccccc2Nc2ncccc2N1C(=N)c1c(F)cccc1F. The Balaban J connectivity index is 1.94. The summed E-state index contributed by atoms with van der Waals surface area (Å²) in [7, 11) is 0. The summed E-state index contributed by atoms with van der Waals surface area (Å²) in [5.41, 5.74) is 0.988. The highest BCUT2D eigenvalue weighted by molar-refractivity contribution is 6.30. The van der Waals surface area contributed by atoms with E-state index in [0.717, 1.165) is 12.1 Å². The van der Waals surface area contributed by atoms with E-state index >= 15 is 0 Å². The van der Waals surface area contributed by atoms with Crippen LogP contribution in [0.15, 0.2) is 60.8 Å². The van der Waals surface area contributed by atoms with Crippen LogP contribution in [0.3, 0.4) is 0 Å². The Hall–Kier alpha value is -3.61. The van der Waals surface area contributed by atoms with Gasteiger partial charge in [0.25, 0.3) is 0 Å². The maximum absolute atomic E-state index is 14.2. The molecule has 0 saturated heterocycles. The maximum atomic E-state index is 14.2. The van der Waals surface area contributed by atoms with Crippen LogP contribution in [0.25, 0.3) is 0 Å². The van der Waals surface area contributed by atoms with E-state index in [9.17, 15) is 8.78 Å². The number of hydrogen-bond donors (Lipinski definition) is 3. The van der Waals surface area contributed by atoms with Crippen molar-refractivity contribution in [2.75, 3.05) is 10.2 Å². The molecule has 1 aliphatic heterocycles. The zero-order valence-electron chi connectivity index (χ0n) is 13.4. The molecular formula is C19H13F2N5. The first-order valence-electron chi connectivity index (χ1n) is 7.81. The second kappa shape index (κ2) is 6.03. The molecule has 5 nitrogen and oxygen atoms in total. The summed E-state index contributed by atoms with van der Waals surface area (Å²) in [5, 5.41) is 20.2. The van der Waals surface area contributed by atoms with Gasteiger partial charge in [0.15, 0.2) is 5.82 Å². The molecule has 2 aromatic carbocycles. The highest BCUT2D eigenvalue weighted by Crippen LogP contribution is 2.35. The second-order valence-corrected chi connectivity index (χ2v) is 5.67. The van der Waals surface area contributed by atoms with Crippen molar-refractivity contribution in [2.24, 2.45) is 0 Å². The van der Waals surface area contributed by atoms with Crippen molar-refractivity contribution in [1.82, 2.24) is 4.98 Å². The Morgan fingerprint density at radius 3 is 2.46 bits per heavy atom. The van der Waals surface area contributed by atoms with Crippen LogP contribution in [0, 0.1) is 22.5 Å². The van der Waals surface area contributed by atoms with Crippen LogP contribution in [0.4, 0.5) is 26.0 Å². The third kappa shape index (κ3) is 2.41. The van der Waals surface area contributed by atoms with Crippen molar-refractivity contribution in [3.63, 3.8) is 0 Å². The van der Waals surface area contributed by atoms with Gasteiger partial charge in [-0.3, -0.25) is 15.7 Å². The largest absolute Gasteiger partial charge is 0.338 e. The summed E-state index contributed by atoms with van der Waals surface area (Å²) in [6.45, 7) is 0. The number of fused-ring (bicyclic) bond motifs is 2. The Morgan fingerprint density at radius 2 is 1.69 bits per heavy atom. The van der Waals surface area contributed by atoms with E-state index in [0.29, 0.717) is 22.8 Å². The Kier molecular flexibility index (Phi) is 3.69. The smallest absolute Gasteiger partial charge is 0.154 e. The van der Waals surface area contributed by atoms with Gasteiger partial charge < -0.3 is 5.32 Å². The van der Waals surface area contributed by atoms with E-state index in [1.54, 1.807) is 42.6 Å². The van der Waals surface area contributed by atoms with E-state index in [4.69, 9.17) is 10.8 Å². The Morgan fingerprint density at radius 1 is 0.962 bits per heavy atom. The summed E-state index contributed by atoms with van der Waals surface area (Å²) < 4.78 is 28.5. The number of halogens is 2. The predicted octanol–water partition coefficient (Wildman–Crippen LogP) is 4.27. The van der Waals surface area contributed by atoms with E-state index in [2.05, 4.69) is 10.3 Å². The molecule has 1 aliphatic rings. The van der Waals surface area contributed by atoms with Gasteiger partial charge in [-0.2, -0.15) is 0 Å². The van der Waals surface area contributed by atoms with Crippen molar-refractivity contribution >= 4 is 28.9 Å². The van der Waals surface area contributed by atoms with Crippen LogP contribution in [0.2, 0.25) is 0 Å². The third-order valence-corrected chi connectivity index (χ3v) is 4.11. The van der Waals surface area contributed by atoms with Gasteiger partial charge in [-0.15, -0.1) is 0 Å². The number of nitrogens with one attached hydrogen (secondary N) is 3. The fourth-order valence-electron chi connectivity index (χ4n) is 2.91. The summed E-state index contributed by atoms with van der Waals surface area (Å²) in [5.74, 6) is -1.88. The number of anilines is 3. The minimum atomic E-state index is -0.862. The average molecular weight is 349 g/mol. The lowest BCUT2D eigenvalue weighted by Crippen LogP contribution is -2.37.